The van der Waals surface area contributed by atoms with E-state index in [0.29, 0.717) is 12.0 Å². The average Bonchev–Trinajstić information content (AvgIpc) is 2.41. The highest BCUT2D eigenvalue weighted by Gasteiger charge is 2.25. The molecule has 3 nitrogen and oxygen atoms in total. The molecule has 0 bridgehead atoms. The van der Waals surface area contributed by atoms with Crippen molar-refractivity contribution in [1.82, 2.24) is 0 Å². The molecule has 15 heavy (non-hydrogen) atoms. The third kappa shape index (κ3) is 1.77. The predicted octanol–water partition coefficient (Wildman–Crippen LogP) is 2.23. The quantitative estimate of drug-likeness (QED) is 0.801. The molecule has 78 valence electrons. The van der Waals surface area contributed by atoms with Gasteiger partial charge in [-0.15, -0.1) is 0 Å². The van der Waals surface area contributed by atoms with Crippen LogP contribution in [0.5, 0.6) is 5.75 Å². The van der Waals surface area contributed by atoms with Crippen LogP contribution in [0.25, 0.3) is 0 Å². The lowest BCUT2D eigenvalue weighted by atomic mass is 10.1. The van der Waals surface area contributed by atoms with E-state index in [1.165, 1.54) is 0 Å². The van der Waals surface area contributed by atoms with Crippen molar-refractivity contribution in [2.75, 3.05) is 0 Å². The fraction of sp³-hybridized carbons (Fsp3) is 0.333. The van der Waals surface area contributed by atoms with Crippen molar-refractivity contribution in [2.45, 2.75) is 26.4 Å². The number of benzene rings is 1. The highest BCUT2D eigenvalue weighted by molar-refractivity contribution is 6.48. The van der Waals surface area contributed by atoms with E-state index in [1.54, 1.807) is 12.1 Å². The van der Waals surface area contributed by atoms with Gasteiger partial charge < -0.3 is 10.1 Å². The molecule has 2 rings (SSSR count). The van der Waals surface area contributed by atoms with Gasteiger partial charge >= 0.3 is 0 Å². The normalized spacial score (nSPS) is 14.6. The van der Waals surface area contributed by atoms with Crippen LogP contribution in [-0.4, -0.2) is 17.6 Å². The van der Waals surface area contributed by atoms with Gasteiger partial charge in [-0.3, -0.25) is 4.79 Å². The summed E-state index contributed by atoms with van der Waals surface area (Å²) < 4.78 is 5.53. The summed E-state index contributed by atoms with van der Waals surface area (Å²) >= 11 is 0. The molecule has 0 spiro atoms. The minimum atomic E-state index is -0.152. The molecule has 0 aliphatic heterocycles. The van der Waals surface area contributed by atoms with Gasteiger partial charge in [-0.2, -0.15) is 0 Å². The van der Waals surface area contributed by atoms with Gasteiger partial charge in [0.05, 0.1) is 11.8 Å². The van der Waals surface area contributed by atoms with E-state index in [4.69, 9.17) is 10.1 Å². The molecule has 0 heterocycles. The summed E-state index contributed by atoms with van der Waals surface area (Å²) in [5.74, 6) is 0.618. The first kappa shape index (κ1) is 9.90. The summed E-state index contributed by atoms with van der Waals surface area (Å²) in [6.07, 6.45) is 0.559. The zero-order valence-corrected chi connectivity index (χ0v) is 8.83. The lowest BCUT2D eigenvalue weighted by Crippen LogP contribution is -2.06. The van der Waals surface area contributed by atoms with E-state index < -0.39 is 0 Å². The molecule has 3 heteroatoms. The number of fused-ring (bicyclic) bond motifs is 1. The topological polar surface area (TPSA) is 50.1 Å². The standard InChI is InChI=1S/C12H13NO2/c1-7(2)15-9-3-4-10-8(5-9)6-11(13)12(10)14/h3-5,7,13H,6H2,1-2H3. The van der Waals surface area contributed by atoms with Crippen molar-refractivity contribution < 1.29 is 9.53 Å². The number of rotatable bonds is 2. The van der Waals surface area contributed by atoms with Crippen molar-refractivity contribution in [1.29, 1.82) is 5.41 Å². The SMILES string of the molecule is CC(C)Oc1ccc2c(c1)CC(=N)C2=O. The summed E-state index contributed by atoms with van der Waals surface area (Å²) in [7, 11) is 0. The number of carbonyl (C=O) groups is 1. The molecule has 1 aliphatic rings. The van der Waals surface area contributed by atoms with Gasteiger partial charge in [0.15, 0.2) is 0 Å². The van der Waals surface area contributed by atoms with Gasteiger partial charge in [0.1, 0.15) is 5.75 Å². The Balaban J connectivity index is 2.33. The van der Waals surface area contributed by atoms with Gasteiger partial charge in [-0.05, 0) is 37.6 Å². The van der Waals surface area contributed by atoms with E-state index in [0.717, 1.165) is 11.3 Å². The van der Waals surface area contributed by atoms with E-state index in [9.17, 15) is 4.79 Å². The Morgan fingerprint density at radius 3 is 2.80 bits per heavy atom. The lowest BCUT2D eigenvalue weighted by molar-refractivity contribution is 0.106. The van der Waals surface area contributed by atoms with Crippen molar-refractivity contribution in [2.24, 2.45) is 0 Å². The lowest BCUT2D eigenvalue weighted by Gasteiger charge is -2.10. The summed E-state index contributed by atoms with van der Waals surface area (Å²) in [5, 5.41) is 7.46. The van der Waals surface area contributed by atoms with E-state index in [2.05, 4.69) is 0 Å². The fourth-order valence-electron chi connectivity index (χ4n) is 1.72. The van der Waals surface area contributed by atoms with Crippen LogP contribution in [0, 0.1) is 5.41 Å². The summed E-state index contributed by atoms with van der Waals surface area (Å²) in [5.41, 5.74) is 1.73. The second kappa shape index (κ2) is 3.50. The van der Waals surface area contributed by atoms with Crippen molar-refractivity contribution in [3.05, 3.63) is 29.3 Å². The van der Waals surface area contributed by atoms with Gasteiger partial charge in [0.25, 0.3) is 0 Å². The molecule has 0 aromatic heterocycles. The van der Waals surface area contributed by atoms with Gasteiger partial charge in [-0.1, -0.05) is 0 Å². The van der Waals surface area contributed by atoms with Crippen LogP contribution in [0.15, 0.2) is 18.2 Å². The maximum absolute atomic E-state index is 11.5. The molecular weight excluding hydrogens is 190 g/mol. The molecule has 0 radical (unpaired) electrons. The van der Waals surface area contributed by atoms with Gasteiger partial charge in [-0.25, -0.2) is 0 Å². The maximum Gasteiger partial charge on any atom is 0.207 e. The molecule has 0 amide bonds. The van der Waals surface area contributed by atoms with Crippen LogP contribution >= 0.6 is 0 Å². The van der Waals surface area contributed by atoms with E-state index >= 15 is 0 Å². The second-order valence-corrected chi connectivity index (χ2v) is 3.97. The molecule has 0 fully saturated rings. The molecule has 1 aliphatic carbocycles. The van der Waals surface area contributed by atoms with Crippen LogP contribution in [-0.2, 0) is 6.42 Å². The number of hydrogen-bond donors (Lipinski definition) is 1. The minimum absolute atomic E-state index is 0.125. The highest BCUT2D eigenvalue weighted by Crippen LogP contribution is 2.25. The van der Waals surface area contributed by atoms with E-state index in [-0.39, 0.29) is 17.6 Å². The Bertz CT molecular complexity index is 435. The Hall–Kier alpha value is -1.64. The van der Waals surface area contributed by atoms with Crippen LogP contribution in [0.2, 0.25) is 0 Å². The van der Waals surface area contributed by atoms with Gasteiger partial charge in [0.2, 0.25) is 5.78 Å². The smallest absolute Gasteiger partial charge is 0.207 e. The minimum Gasteiger partial charge on any atom is -0.491 e. The third-order valence-electron chi connectivity index (χ3n) is 2.33. The Morgan fingerprint density at radius 2 is 2.13 bits per heavy atom. The average molecular weight is 203 g/mol. The molecule has 1 aromatic rings. The Labute approximate surface area is 88.6 Å². The predicted molar refractivity (Wildman–Crippen MR) is 58.0 cm³/mol. The number of nitrogens with one attached hydrogen (secondary N) is 1. The molecule has 0 saturated heterocycles. The zero-order valence-electron chi connectivity index (χ0n) is 8.83. The zero-order chi connectivity index (χ0) is 11.0. The fourth-order valence-corrected chi connectivity index (χ4v) is 1.72. The number of ether oxygens (including phenoxy) is 1. The van der Waals surface area contributed by atoms with Crippen molar-refractivity contribution >= 4 is 11.5 Å². The molecule has 1 aromatic carbocycles. The van der Waals surface area contributed by atoms with Crippen LogP contribution in [0.1, 0.15) is 29.8 Å². The van der Waals surface area contributed by atoms with Crippen LogP contribution in [0.3, 0.4) is 0 Å². The Morgan fingerprint density at radius 1 is 1.40 bits per heavy atom. The molecule has 0 atom stereocenters. The molecule has 0 unspecified atom stereocenters. The van der Waals surface area contributed by atoms with Crippen molar-refractivity contribution in [3.63, 3.8) is 0 Å². The second-order valence-electron chi connectivity index (χ2n) is 3.97. The summed E-state index contributed by atoms with van der Waals surface area (Å²) in [6, 6.07) is 5.39. The number of carbonyl (C=O) groups excluding carboxylic acids is 1. The number of hydrogen-bond acceptors (Lipinski definition) is 3. The first-order valence-corrected chi connectivity index (χ1v) is 4.99. The van der Waals surface area contributed by atoms with E-state index in [1.807, 2.05) is 19.9 Å². The first-order valence-electron chi connectivity index (χ1n) is 4.99. The number of ketones is 1. The maximum atomic E-state index is 11.5. The van der Waals surface area contributed by atoms with Crippen molar-refractivity contribution in [3.8, 4) is 5.75 Å². The molecular formula is C12H13NO2. The molecule has 1 N–H and O–H groups in total. The first-order chi connectivity index (χ1) is 7.08. The highest BCUT2D eigenvalue weighted by atomic mass is 16.5. The van der Waals surface area contributed by atoms with Crippen LogP contribution in [0.4, 0.5) is 0 Å². The molecule has 0 saturated carbocycles. The Kier molecular flexibility index (Phi) is 2.31. The largest absolute Gasteiger partial charge is 0.491 e. The van der Waals surface area contributed by atoms with Gasteiger partial charge in [0, 0.05) is 12.0 Å². The third-order valence-corrected chi connectivity index (χ3v) is 2.33. The van der Waals surface area contributed by atoms with Crippen LogP contribution < -0.4 is 4.74 Å². The monoisotopic (exact) mass is 203 g/mol. The number of Topliss-reactive ketones (excluding diaryl/α,β-unsaturated/α-hetero) is 1. The summed E-state index contributed by atoms with van der Waals surface area (Å²) in [4.78, 5) is 11.5. The summed E-state index contributed by atoms with van der Waals surface area (Å²) in [6.45, 7) is 3.92.